The van der Waals surface area contributed by atoms with Crippen LogP contribution in [0.2, 0.25) is 0 Å². The second-order valence-corrected chi connectivity index (χ2v) is 8.32. The summed E-state index contributed by atoms with van der Waals surface area (Å²) in [6.45, 7) is 3.40. The normalized spacial score (nSPS) is 31.7. The van der Waals surface area contributed by atoms with Crippen molar-refractivity contribution in [2.45, 2.75) is 57.5 Å². The fourth-order valence-corrected chi connectivity index (χ4v) is 5.25. The molecule has 0 N–H and O–H groups in total. The van der Waals surface area contributed by atoms with Gasteiger partial charge in [0, 0.05) is 31.6 Å². The van der Waals surface area contributed by atoms with Gasteiger partial charge in [-0.15, -0.1) is 0 Å². The van der Waals surface area contributed by atoms with Gasteiger partial charge in [-0.25, -0.2) is 0 Å². The van der Waals surface area contributed by atoms with Crippen LogP contribution in [0.15, 0.2) is 18.2 Å². The molecule has 0 amide bonds. The second kappa shape index (κ2) is 6.64. The van der Waals surface area contributed by atoms with Crippen LogP contribution in [0.3, 0.4) is 0 Å². The minimum Gasteiger partial charge on any atom is -0.427 e. The Bertz CT molecular complexity index is 659. The van der Waals surface area contributed by atoms with Crippen LogP contribution in [-0.4, -0.2) is 37.7 Å². The topological polar surface area (TPSA) is 32.8 Å². The van der Waals surface area contributed by atoms with Crippen LogP contribution in [-0.2, 0) is 4.79 Å². The number of esters is 1. The molecule has 3 aliphatic rings. The Labute approximate surface area is 151 Å². The minimum absolute atomic E-state index is 0.0647. The SMILES string of the molecule is CC1CCCCC1CC(=O)Oc1ccc2c(c1)C1CCN(C)C1N2C. The molecule has 1 aromatic rings. The smallest absolute Gasteiger partial charge is 0.311 e. The molecule has 4 nitrogen and oxygen atoms in total. The van der Waals surface area contributed by atoms with Gasteiger partial charge in [-0.1, -0.05) is 26.2 Å². The first-order valence-electron chi connectivity index (χ1n) is 9.82. The molecule has 0 spiro atoms. The summed E-state index contributed by atoms with van der Waals surface area (Å²) in [7, 11) is 4.36. The zero-order valence-corrected chi connectivity index (χ0v) is 15.7. The largest absolute Gasteiger partial charge is 0.427 e. The molecule has 25 heavy (non-hydrogen) atoms. The third-order valence-electron chi connectivity index (χ3n) is 6.73. The van der Waals surface area contributed by atoms with Gasteiger partial charge in [0.2, 0.25) is 0 Å². The maximum Gasteiger partial charge on any atom is 0.311 e. The van der Waals surface area contributed by atoms with E-state index in [9.17, 15) is 4.79 Å². The minimum atomic E-state index is -0.0647. The third kappa shape index (κ3) is 3.05. The highest BCUT2D eigenvalue weighted by Gasteiger charge is 2.43. The summed E-state index contributed by atoms with van der Waals surface area (Å²) in [6.07, 6.45) is 7.17. The quantitative estimate of drug-likeness (QED) is 0.614. The molecule has 4 rings (SSSR count). The van der Waals surface area contributed by atoms with Crippen LogP contribution in [0.4, 0.5) is 5.69 Å². The number of anilines is 1. The molecule has 4 heteroatoms. The zero-order valence-electron chi connectivity index (χ0n) is 15.7. The first-order chi connectivity index (χ1) is 12.0. The molecule has 2 fully saturated rings. The number of likely N-dealkylation sites (tertiary alicyclic amines) is 1. The van der Waals surface area contributed by atoms with Crippen LogP contribution >= 0.6 is 0 Å². The van der Waals surface area contributed by atoms with Crippen molar-refractivity contribution in [3.63, 3.8) is 0 Å². The average molecular weight is 342 g/mol. The maximum atomic E-state index is 12.4. The van der Waals surface area contributed by atoms with E-state index in [1.807, 2.05) is 6.07 Å². The van der Waals surface area contributed by atoms with E-state index in [0.29, 0.717) is 30.3 Å². The Morgan fingerprint density at radius 1 is 1.20 bits per heavy atom. The summed E-state index contributed by atoms with van der Waals surface area (Å²) in [5.41, 5.74) is 2.62. The van der Waals surface area contributed by atoms with E-state index in [0.717, 1.165) is 12.3 Å². The van der Waals surface area contributed by atoms with E-state index in [-0.39, 0.29) is 5.97 Å². The van der Waals surface area contributed by atoms with Crippen LogP contribution in [0.1, 0.15) is 56.9 Å². The summed E-state index contributed by atoms with van der Waals surface area (Å²) >= 11 is 0. The fourth-order valence-electron chi connectivity index (χ4n) is 5.25. The maximum absolute atomic E-state index is 12.4. The molecule has 0 aromatic heterocycles. The molecule has 0 radical (unpaired) electrons. The molecule has 1 aliphatic carbocycles. The predicted octanol–water partition coefficient (Wildman–Crippen LogP) is 4.00. The number of benzene rings is 1. The lowest BCUT2D eigenvalue weighted by Gasteiger charge is -2.28. The third-order valence-corrected chi connectivity index (χ3v) is 6.73. The van der Waals surface area contributed by atoms with E-state index in [4.69, 9.17) is 4.74 Å². The van der Waals surface area contributed by atoms with Crippen molar-refractivity contribution in [2.75, 3.05) is 25.5 Å². The van der Waals surface area contributed by atoms with Crippen molar-refractivity contribution in [1.82, 2.24) is 4.90 Å². The van der Waals surface area contributed by atoms with E-state index in [1.165, 1.54) is 43.4 Å². The molecule has 2 aliphatic heterocycles. The van der Waals surface area contributed by atoms with E-state index in [2.05, 4.69) is 43.0 Å². The zero-order chi connectivity index (χ0) is 17.6. The van der Waals surface area contributed by atoms with Crippen molar-refractivity contribution in [3.05, 3.63) is 23.8 Å². The van der Waals surface area contributed by atoms with E-state index < -0.39 is 0 Å². The lowest BCUT2D eigenvalue weighted by atomic mass is 9.79. The van der Waals surface area contributed by atoms with Gasteiger partial charge in [-0.05, 0) is 55.5 Å². The molecule has 2 heterocycles. The van der Waals surface area contributed by atoms with E-state index in [1.54, 1.807) is 0 Å². The first-order valence-corrected chi connectivity index (χ1v) is 9.82. The number of likely N-dealkylation sites (N-methyl/N-ethyl adjacent to an activating group) is 2. The van der Waals surface area contributed by atoms with Gasteiger partial charge < -0.3 is 9.64 Å². The summed E-state index contributed by atoms with van der Waals surface area (Å²) in [5.74, 6) is 2.32. The number of carbonyl (C=O) groups is 1. The summed E-state index contributed by atoms with van der Waals surface area (Å²) in [4.78, 5) is 17.2. The number of hydrogen-bond acceptors (Lipinski definition) is 4. The molecule has 136 valence electrons. The van der Waals surface area contributed by atoms with Gasteiger partial charge >= 0.3 is 5.97 Å². The van der Waals surface area contributed by atoms with Crippen LogP contribution < -0.4 is 9.64 Å². The number of nitrogens with zero attached hydrogens (tertiary/aromatic N) is 2. The fraction of sp³-hybridized carbons (Fsp3) is 0.667. The van der Waals surface area contributed by atoms with Gasteiger partial charge in [-0.3, -0.25) is 9.69 Å². The molecule has 4 atom stereocenters. The second-order valence-electron chi connectivity index (χ2n) is 8.32. The number of ether oxygens (including phenoxy) is 1. The standard InChI is InChI=1S/C21H30N2O2/c1-14-6-4-5-7-15(14)12-20(24)25-16-8-9-19-18(13-16)17-10-11-22(2)21(17)23(19)3/h8-9,13-15,17,21H,4-7,10-12H2,1-3H3. The number of rotatable bonds is 3. The Morgan fingerprint density at radius 2 is 2.00 bits per heavy atom. The molecule has 1 aromatic carbocycles. The molecule has 0 bridgehead atoms. The summed E-state index contributed by atoms with van der Waals surface area (Å²) < 4.78 is 5.73. The van der Waals surface area contributed by atoms with Crippen molar-refractivity contribution in [1.29, 1.82) is 0 Å². The van der Waals surface area contributed by atoms with Crippen molar-refractivity contribution in [3.8, 4) is 5.75 Å². The van der Waals surface area contributed by atoms with Gasteiger partial charge in [0.15, 0.2) is 0 Å². The van der Waals surface area contributed by atoms with Crippen molar-refractivity contribution < 1.29 is 9.53 Å². The van der Waals surface area contributed by atoms with Crippen LogP contribution in [0.25, 0.3) is 0 Å². The predicted molar refractivity (Wildman–Crippen MR) is 100.0 cm³/mol. The number of hydrogen-bond donors (Lipinski definition) is 0. The number of carbonyl (C=O) groups excluding carboxylic acids is 1. The average Bonchev–Trinajstić information content (AvgIpc) is 3.09. The summed E-state index contributed by atoms with van der Waals surface area (Å²) in [6, 6.07) is 6.18. The highest BCUT2D eigenvalue weighted by atomic mass is 16.5. The van der Waals surface area contributed by atoms with Crippen LogP contribution in [0.5, 0.6) is 5.75 Å². The Morgan fingerprint density at radius 3 is 2.80 bits per heavy atom. The first kappa shape index (κ1) is 16.9. The lowest BCUT2D eigenvalue weighted by molar-refractivity contribution is -0.136. The molecular weight excluding hydrogens is 312 g/mol. The Hall–Kier alpha value is -1.55. The van der Waals surface area contributed by atoms with Gasteiger partial charge in [0.25, 0.3) is 0 Å². The molecule has 4 unspecified atom stereocenters. The molecule has 1 saturated carbocycles. The highest BCUT2D eigenvalue weighted by molar-refractivity contribution is 5.73. The van der Waals surface area contributed by atoms with Gasteiger partial charge in [-0.2, -0.15) is 0 Å². The van der Waals surface area contributed by atoms with Gasteiger partial charge in [0.05, 0.1) is 6.17 Å². The number of fused-ring (bicyclic) bond motifs is 3. The van der Waals surface area contributed by atoms with Gasteiger partial charge in [0.1, 0.15) is 5.75 Å². The molecule has 1 saturated heterocycles. The van der Waals surface area contributed by atoms with Crippen LogP contribution in [0, 0.1) is 11.8 Å². The molecular formula is C21H30N2O2. The highest BCUT2D eigenvalue weighted by Crippen LogP contribution is 2.47. The van der Waals surface area contributed by atoms with E-state index >= 15 is 0 Å². The Kier molecular flexibility index (Phi) is 4.48. The lowest BCUT2D eigenvalue weighted by Crippen LogP contribution is -2.39. The van der Waals surface area contributed by atoms with Crippen molar-refractivity contribution in [2.24, 2.45) is 11.8 Å². The van der Waals surface area contributed by atoms with Crippen molar-refractivity contribution >= 4 is 11.7 Å². The monoisotopic (exact) mass is 342 g/mol. The Balaban J connectivity index is 1.45. The summed E-state index contributed by atoms with van der Waals surface area (Å²) in [5, 5.41) is 0.